The Kier molecular flexibility index (Phi) is 2.27. The van der Waals surface area contributed by atoms with Crippen molar-refractivity contribution in [3.05, 3.63) is 0 Å². The zero-order valence-electron chi connectivity index (χ0n) is 6.21. The minimum atomic E-state index is -0.716. The lowest BCUT2D eigenvalue weighted by atomic mass is 10.3. The summed E-state index contributed by atoms with van der Waals surface area (Å²) in [6.45, 7) is 3.54. The van der Waals surface area contributed by atoms with Gasteiger partial charge in [-0.05, 0) is 12.8 Å². The van der Waals surface area contributed by atoms with Gasteiger partial charge in [0, 0.05) is 13.1 Å². The molecule has 10 heavy (non-hydrogen) atoms. The summed E-state index contributed by atoms with van der Waals surface area (Å²) in [6.07, 6.45) is 0.864. The zero-order chi connectivity index (χ0) is 7.56. The number of carbonyl (C=O) groups is 1. The average Bonchev–Trinajstić information content (AvgIpc) is 2.20. The van der Waals surface area contributed by atoms with Gasteiger partial charge >= 0.3 is 0 Å². The Morgan fingerprint density at radius 2 is 2.50 bits per heavy atom. The quantitative estimate of drug-likeness (QED) is 0.590. The second-order valence-electron chi connectivity index (χ2n) is 2.63. The highest BCUT2D eigenvalue weighted by molar-refractivity contribution is 5.82. The maximum absolute atomic E-state index is 11.0. The van der Waals surface area contributed by atoms with Gasteiger partial charge in [0.05, 0.1) is 0 Å². The lowest BCUT2D eigenvalue weighted by Crippen LogP contribution is -2.29. The Morgan fingerprint density at radius 3 is 2.90 bits per heavy atom. The van der Waals surface area contributed by atoms with Crippen molar-refractivity contribution in [1.82, 2.24) is 4.90 Å². The summed E-state index contributed by atoms with van der Waals surface area (Å²) in [6, 6.07) is 0. The van der Waals surface area contributed by atoms with Gasteiger partial charge in [0.2, 0.25) is 0 Å². The molecular formula is C7H13NO2. The number of aliphatic hydroxyl groups is 1. The first-order valence-electron chi connectivity index (χ1n) is 3.72. The second kappa shape index (κ2) is 3.01. The molecule has 1 N–H and O–H groups in total. The lowest BCUT2D eigenvalue weighted by Gasteiger charge is -2.13. The van der Waals surface area contributed by atoms with E-state index in [9.17, 15) is 4.79 Å². The molecule has 1 aliphatic rings. The topological polar surface area (TPSA) is 40.5 Å². The fraction of sp³-hybridized carbons (Fsp3) is 0.857. The Bertz CT molecular complexity index is 134. The van der Waals surface area contributed by atoms with Gasteiger partial charge in [-0.1, -0.05) is 6.92 Å². The van der Waals surface area contributed by atoms with Crippen LogP contribution in [-0.2, 0) is 4.79 Å². The van der Waals surface area contributed by atoms with Crippen molar-refractivity contribution in [2.45, 2.75) is 25.9 Å². The fourth-order valence-corrected chi connectivity index (χ4v) is 1.21. The summed E-state index contributed by atoms with van der Waals surface area (Å²) in [4.78, 5) is 12.7. The van der Waals surface area contributed by atoms with Crippen LogP contribution in [0.1, 0.15) is 19.8 Å². The van der Waals surface area contributed by atoms with Gasteiger partial charge in [-0.3, -0.25) is 4.79 Å². The number of likely N-dealkylation sites (tertiary alicyclic amines) is 1. The molecule has 0 spiro atoms. The predicted octanol–water partition coefficient (Wildman–Crippen LogP) is -0.0104. The largest absolute Gasteiger partial charge is 0.383 e. The molecule has 1 heterocycles. The van der Waals surface area contributed by atoms with Crippen LogP contribution >= 0.6 is 0 Å². The van der Waals surface area contributed by atoms with Crippen molar-refractivity contribution in [2.75, 3.05) is 13.1 Å². The van der Waals surface area contributed by atoms with E-state index < -0.39 is 6.10 Å². The molecule has 1 saturated heterocycles. The van der Waals surface area contributed by atoms with Crippen LogP contribution in [0.3, 0.4) is 0 Å². The van der Waals surface area contributed by atoms with E-state index in [4.69, 9.17) is 5.11 Å². The van der Waals surface area contributed by atoms with Crippen molar-refractivity contribution < 1.29 is 9.90 Å². The monoisotopic (exact) mass is 143 g/mol. The number of hydrogen-bond donors (Lipinski definition) is 1. The number of rotatable bonds is 2. The van der Waals surface area contributed by atoms with E-state index >= 15 is 0 Å². The van der Waals surface area contributed by atoms with Crippen LogP contribution in [0.15, 0.2) is 0 Å². The summed E-state index contributed by atoms with van der Waals surface area (Å²) in [5.74, 6) is -0.0955. The van der Waals surface area contributed by atoms with Gasteiger partial charge in [-0.25, -0.2) is 0 Å². The van der Waals surface area contributed by atoms with Crippen molar-refractivity contribution >= 4 is 5.91 Å². The third kappa shape index (κ3) is 1.29. The van der Waals surface area contributed by atoms with Crippen molar-refractivity contribution in [1.29, 1.82) is 0 Å². The van der Waals surface area contributed by atoms with Crippen LogP contribution in [0.5, 0.6) is 0 Å². The zero-order valence-corrected chi connectivity index (χ0v) is 6.21. The molecule has 58 valence electrons. The van der Waals surface area contributed by atoms with Gasteiger partial charge in [-0.2, -0.15) is 0 Å². The minimum Gasteiger partial charge on any atom is -0.383 e. The van der Waals surface area contributed by atoms with E-state index in [2.05, 4.69) is 0 Å². The number of hydrogen-bond acceptors (Lipinski definition) is 2. The maximum atomic E-state index is 11.0. The fourth-order valence-electron chi connectivity index (χ4n) is 1.21. The highest BCUT2D eigenvalue weighted by Crippen LogP contribution is 2.10. The summed E-state index contributed by atoms with van der Waals surface area (Å²) in [5, 5.41) is 9.00. The maximum Gasteiger partial charge on any atom is 0.251 e. The van der Waals surface area contributed by atoms with Crippen molar-refractivity contribution in [3.63, 3.8) is 0 Å². The van der Waals surface area contributed by atoms with Crippen LogP contribution in [0.2, 0.25) is 0 Å². The first kappa shape index (κ1) is 7.54. The van der Waals surface area contributed by atoms with Gasteiger partial charge in [0.25, 0.3) is 5.91 Å². The van der Waals surface area contributed by atoms with E-state index in [1.807, 2.05) is 6.92 Å². The molecule has 0 aromatic heterocycles. The molecule has 0 unspecified atom stereocenters. The van der Waals surface area contributed by atoms with Gasteiger partial charge in [-0.15, -0.1) is 0 Å². The standard InChI is InChI=1S/C7H13NO2/c1-2-4-8-5-3-6(9)7(8)10/h6,9H,2-5H2,1H3/t6-/m0/s1. The molecule has 1 rings (SSSR count). The molecule has 0 saturated carbocycles. The third-order valence-electron chi connectivity index (χ3n) is 1.76. The Hall–Kier alpha value is -0.570. The van der Waals surface area contributed by atoms with E-state index in [1.54, 1.807) is 4.90 Å². The summed E-state index contributed by atoms with van der Waals surface area (Å²) < 4.78 is 0. The molecule has 3 nitrogen and oxygen atoms in total. The van der Waals surface area contributed by atoms with Crippen molar-refractivity contribution in [2.24, 2.45) is 0 Å². The minimum absolute atomic E-state index is 0.0955. The summed E-state index contributed by atoms with van der Waals surface area (Å²) in [5.41, 5.74) is 0. The van der Waals surface area contributed by atoms with Crippen LogP contribution < -0.4 is 0 Å². The second-order valence-corrected chi connectivity index (χ2v) is 2.63. The van der Waals surface area contributed by atoms with Crippen LogP contribution in [0.4, 0.5) is 0 Å². The Labute approximate surface area is 60.6 Å². The molecule has 0 aromatic rings. The molecule has 1 atom stereocenters. The smallest absolute Gasteiger partial charge is 0.251 e. The average molecular weight is 143 g/mol. The normalized spacial score (nSPS) is 26.0. The van der Waals surface area contributed by atoms with Crippen LogP contribution in [0, 0.1) is 0 Å². The number of aliphatic hydroxyl groups excluding tert-OH is 1. The summed E-state index contributed by atoms with van der Waals surface area (Å²) in [7, 11) is 0. The lowest BCUT2D eigenvalue weighted by molar-refractivity contribution is -0.134. The first-order chi connectivity index (χ1) is 4.75. The van der Waals surface area contributed by atoms with Gasteiger partial charge in [0.15, 0.2) is 0 Å². The number of amides is 1. The molecule has 1 aliphatic heterocycles. The SMILES string of the molecule is CCCN1CC[C@H](O)C1=O. The van der Waals surface area contributed by atoms with Crippen molar-refractivity contribution in [3.8, 4) is 0 Å². The molecule has 0 aliphatic carbocycles. The summed E-state index contributed by atoms with van der Waals surface area (Å²) >= 11 is 0. The van der Waals surface area contributed by atoms with Gasteiger partial charge < -0.3 is 10.0 Å². The molecule has 0 radical (unpaired) electrons. The molecule has 1 amide bonds. The molecule has 1 fully saturated rings. The van der Waals surface area contributed by atoms with E-state index in [0.29, 0.717) is 6.42 Å². The van der Waals surface area contributed by atoms with E-state index in [-0.39, 0.29) is 5.91 Å². The molecular weight excluding hydrogens is 130 g/mol. The van der Waals surface area contributed by atoms with Gasteiger partial charge in [0.1, 0.15) is 6.10 Å². The number of nitrogens with zero attached hydrogens (tertiary/aromatic N) is 1. The Balaban J connectivity index is 2.41. The van der Waals surface area contributed by atoms with Crippen LogP contribution in [0.25, 0.3) is 0 Å². The predicted molar refractivity (Wildman–Crippen MR) is 37.5 cm³/mol. The number of carbonyl (C=O) groups excluding carboxylic acids is 1. The molecule has 0 aromatic carbocycles. The highest BCUT2D eigenvalue weighted by atomic mass is 16.3. The third-order valence-corrected chi connectivity index (χ3v) is 1.76. The highest BCUT2D eigenvalue weighted by Gasteiger charge is 2.28. The van der Waals surface area contributed by atoms with E-state index in [1.165, 1.54) is 0 Å². The Morgan fingerprint density at radius 1 is 1.80 bits per heavy atom. The molecule has 3 heteroatoms. The van der Waals surface area contributed by atoms with Crippen LogP contribution in [-0.4, -0.2) is 35.1 Å². The first-order valence-corrected chi connectivity index (χ1v) is 3.72. The van der Waals surface area contributed by atoms with E-state index in [0.717, 1.165) is 19.5 Å². The molecule has 0 bridgehead atoms.